The maximum absolute atomic E-state index is 13.6. The van der Waals surface area contributed by atoms with E-state index in [4.69, 9.17) is 0 Å². The molecule has 1 aliphatic heterocycles. The topological polar surface area (TPSA) is 49.4 Å². The molecule has 17 heavy (non-hydrogen) atoms. The highest BCUT2D eigenvalue weighted by molar-refractivity contribution is 7.89. The molecular weight excluding hydrogens is 250 g/mol. The van der Waals surface area contributed by atoms with E-state index >= 15 is 0 Å². The molecule has 2 aliphatic rings. The van der Waals surface area contributed by atoms with Crippen molar-refractivity contribution < 1.29 is 17.2 Å². The Morgan fingerprint density at radius 1 is 1.29 bits per heavy atom. The molecule has 1 N–H and O–H groups in total. The zero-order chi connectivity index (χ0) is 12.2. The quantitative estimate of drug-likeness (QED) is 0.825. The largest absolute Gasteiger partial charge is 0.353 e. The zero-order valence-electron chi connectivity index (χ0n) is 8.78. The fraction of sp³-hybridized carbons (Fsp3) is 0.400. The molecule has 0 atom stereocenters. The van der Waals surface area contributed by atoms with Gasteiger partial charge in [-0.1, -0.05) is 0 Å². The first-order chi connectivity index (χ1) is 7.99. The van der Waals surface area contributed by atoms with E-state index < -0.39 is 26.6 Å². The summed E-state index contributed by atoms with van der Waals surface area (Å²) in [5.74, 6) is -1.80. The summed E-state index contributed by atoms with van der Waals surface area (Å²) in [7, 11) is -3.86. The van der Waals surface area contributed by atoms with Gasteiger partial charge in [-0.15, -0.1) is 0 Å². The standard InChI is InChI=1S/C10H10F2N2O2S/c11-6-3-8(12)10-9(4-6)14(7-1-2-7)5-13-17(10,15)16/h3-4,7,13H,1-2,5H2. The summed E-state index contributed by atoms with van der Waals surface area (Å²) < 4.78 is 52.5. The third-order valence-corrected chi connectivity index (χ3v) is 4.43. The van der Waals surface area contributed by atoms with Crippen LogP contribution in [0.25, 0.3) is 0 Å². The average Bonchev–Trinajstić information content (AvgIpc) is 2.99. The van der Waals surface area contributed by atoms with Crippen molar-refractivity contribution in [3.63, 3.8) is 0 Å². The molecule has 4 nitrogen and oxygen atoms in total. The first-order valence-corrected chi connectivity index (χ1v) is 6.73. The summed E-state index contributed by atoms with van der Waals surface area (Å²) in [6.07, 6.45) is 1.83. The van der Waals surface area contributed by atoms with Crippen LogP contribution in [0.1, 0.15) is 12.8 Å². The number of anilines is 1. The minimum absolute atomic E-state index is 0.0723. The second-order valence-electron chi connectivity index (χ2n) is 4.24. The highest BCUT2D eigenvalue weighted by atomic mass is 32.2. The highest BCUT2D eigenvalue weighted by Gasteiger charge is 2.38. The predicted molar refractivity (Wildman–Crippen MR) is 57.0 cm³/mol. The molecule has 0 spiro atoms. The van der Waals surface area contributed by atoms with Gasteiger partial charge in [-0.25, -0.2) is 17.2 Å². The van der Waals surface area contributed by atoms with Crippen LogP contribution < -0.4 is 9.62 Å². The second kappa shape index (κ2) is 3.39. The molecule has 0 amide bonds. The van der Waals surface area contributed by atoms with Crippen molar-refractivity contribution in [3.05, 3.63) is 23.8 Å². The first kappa shape index (κ1) is 10.9. The highest BCUT2D eigenvalue weighted by Crippen LogP contribution is 2.38. The van der Waals surface area contributed by atoms with Crippen LogP contribution in [0.2, 0.25) is 0 Å². The van der Waals surface area contributed by atoms with Crippen LogP contribution in [-0.2, 0) is 10.0 Å². The number of fused-ring (bicyclic) bond motifs is 1. The molecule has 7 heteroatoms. The van der Waals surface area contributed by atoms with Gasteiger partial charge >= 0.3 is 0 Å². The lowest BCUT2D eigenvalue weighted by Crippen LogP contribution is -2.44. The van der Waals surface area contributed by atoms with Crippen molar-refractivity contribution in [1.29, 1.82) is 0 Å². The Kier molecular flexibility index (Phi) is 2.18. The van der Waals surface area contributed by atoms with Gasteiger partial charge < -0.3 is 4.90 Å². The number of hydrogen-bond acceptors (Lipinski definition) is 3. The Morgan fingerprint density at radius 3 is 2.65 bits per heavy atom. The van der Waals surface area contributed by atoms with E-state index in [0.717, 1.165) is 18.9 Å². The van der Waals surface area contributed by atoms with E-state index in [9.17, 15) is 17.2 Å². The average molecular weight is 260 g/mol. The van der Waals surface area contributed by atoms with E-state index in [0.29, 0.717) is 6.07 Å². The molecule has 1 saturated carbocycles. The Morgan fingerprint density at radius 2 is 2.00 bits per heavy atom. The van der Waals surface area contributed by atoms with E-state index in [1.807, 2.05) is 0 Å². The molecule has 0 radical (unpaired) electrons. The maximum atomic E-state index is 13.6. The van der Waals surface area contributed by atoms with Gasteiger partial charge in [-0.2, -0.15) is 4.72 Å². The first-order valence-electron chi connectivity index (χ1n) is 5.24. The molecule has 0 unspecified atom stereocenters. The lowest BCUT2D eigenvalue weighted by molar-refractivity contribution is 0.530. The zero-order valence-corrected chi connectivity index (χ0v) is 9.60. The second-order valence-corrected chi connectivity index (χ2v) is 5.95. The molecule has 0 saturated heterocycles. The summed E-state index contributed by atoms with van der Waals surface area (Å²) in [6.45, 7) is 0.0723. The third-order valence-electron chi connectivity index (χ3n) is 2.98. The van der Waals surface area contributed by atoms with Gasteiger partial charge in [0.15, 0.2) is 0 Å². The predicted octanol–water partition coefficient (Wildman–Crippen LogP) is 1.18. The summed E-state index contributed by atoms with van der Waals surface area (Å²) in [4.78, 5) is 1.25. The summed E-state index contributed by atoms with van der Waals surface area (Å²) in [6, 6.07) is 1.85. The minimum Gasteiger partial charge on any atom is -0.353 e. The van der Waals surface area contributed by atoms with Crippen LogP contribution in [0.15, 0.2) is 17.0 Å². The van der Waals surface area contributed by atoms with E-state index in [1.54, 1.807) is 4.90 Å². The summed E-state index contributed by atoms with van der Waals surface area (Å²) in [5.41, 5.74) is 0.128. The molecular formula is C10H10F2N2O2S. The fourth-order valence-electron chi connectivity index (χ4n) is 2.05. The Balaban J connectivity index is 2.24. The summed E-state index contributed by atoms with van der Waals surface area (Å²) >= 11 is 0. The van der Waals surface area contributed by atoms with Crippen LogP contribution in [0.4, 0.5) is 14.5 Å². The Labute approximate surface area is 97.3 Å². The normalized spacial score (nSPS) is 22.4. The van der Waals surface area contributed by atoms with Gasteiger partial charge in [0.25, 0.3) is 0 Å². The lowest BCUT2D eigenvalue weighted by Gasteiger charge is -2.31. The Hall–Kier alpha value is -1.21. The van der Waals surface area contributed by atoms with Crippen LogP contribution >= 0.6 is 0 Å². The van der Waals surface area contributed by atoms with E-state index in [2.05, 4.69) is 4.72 Å². The molecule has 1 fully saturated rings. The van der Waals surface area contributed by atoms with Crippen LogP contribution in [0, 0.1) is 11.6 Å². The van der Waals surface area contributed by atoms with Crippen molar-refractivity contribution in [2.45, 2.75) is 23.8 Å². The third kappa shape index (κ3) is 1.69. The molecule has 3 rings (SSSR count). The number of nitrogens with one attached hydrogen (secondary N) is 1. The minimum atomic E-state index is -3.86. The summed E-state index contributed by atoms with van der Waals surface area (Å²) in [5, 5.41) is 0. The van der Waals surface area contributed by atoms with Crippen molar-refractivity contribution >= 4 is 15.7 Å². The van der Waals surface area contributed by atoms with Crippen molar-refractivity contribution in [3.8, 4) is 0 Å². The van der Waals surface area contributed by atoms with Gasteiger partial charge in [-0.3, -0.25) is 0 Å². The van der Waals surface area contributed by atoms with Crippen molar-refractivity contribution in [1.82, 2.24) is 4.72 Å². The van der Waals surface area contributed by atoms with Gasteiger partial charge in [0.1, 0.15) is 16.5 Å². The van der Waals surface area contributed by atoms with Crippen LogP contribution in [-0.4, -0.2) is 21.1 Å². The smallest absolute Gasteiger partial charge is 0.247 e. The van der Waals surface area contributed by atoms with E-state index in [-0.39, 0.29) is 18.4 Å². The fourth-order valence-corrected chi connectivity index (χ4v) is 3.27. The molecule has 1 aromatic carbocycles. The molecule has 0 bridgehead atoms. The number of hydrogen-bond donors (Lipinski definition) is 1. The lowest BCUT2D eigenvalue weighted by atomic mass is 10.2. The molecule has 1 heterocycles. The number of halogens is 2. The SMILES string of the molecule is O=S1(=O)NCN(C2CC2)c2cc(F)cc(F)c21. The van der Waals surface area contributed by atoms with Gasteiger partial charge in [0.2, 0.25) is 10.0 Å². The number of nitrogens with zero attached hydrogens (tertiary/aromatic N) is 1. The maximum Gasteiger partial charge on any atom is 0.247 e. The molecule has 0 aromatic heterocycles. The number of benzene rings is 1. The van der Waals surface area contributed by atoms with Crippen LogP contribution in [0.3, 0.4) is 0 Å². The number of rotatable bonds is 1. The van der Waals surface area contributed by atoms with Crippen LogP contribution in [0.5, 0.6) is 0 Å². The molecule has 1 aliphatic carbocycles. The van der Waals surface area contributed by atoms with Gasteiger partial charge in [-0.05, 0) is 18.9 Å². The van der Waals surface area contributed by atoms with Gasteiger partial charge in [0.05, 0.1) is 12.4 Å². The molecule has 1 aromatic rings. The van der Waals surface area contributed by atoms with Crippen molar-refractivity contribution in [2.75, 3.05) is 11.6 Å². The number of sulfonamides is 1. The van der Waals surface area contributed by atoms with E-state index in [1.165, 1.54) is 0 Å². The monoisotopic (exact) mass is 260 g/mol. The van der Waals surface area contributed by atoms with Gasteiger partial charge in [0, 0.05) is 12.1 Å². The molecule has 92 valence electrons. The Bertz CT molecular complexity index is 584. The van der Waals surface area contributed by atoms with Crippen molar-refractivity contribution in [2.24, 2.45) is 0 Å².